The van der Waals surface area contributed by atoms with E-state index in [9.17, 15) is 10.2 Å². The van der Waals surface area contributed by atoms with Gasteiger partial charge in [0.25, 0.3) is 0 Å². The van der Waals surface area contributed by atoms with Gasteiger partial charge in [-0.25, -0.2) is 0 Å². The smallest absolute Gasteiger partial charge is 0.124 e. The molecule has 0 amide bonds. The second-order valence-corrected chi connectivity index (χ2v) is 6.11. The zero-order chi connectivity index (χ0) is 14.1. The number of phenolic OH excluding ortho intramolecular Hbond substituents is 2. The summed E-state index contributed by atoms with van der Waals surface area (Å²) in [5, 5.41) is 23.7. The highest BCUT2D eigenvalue weighted by atomic mass is 16.3. The van der Waals surface area contributed by atoms with Gasteiger partial charge in [-0.1, -0.05) is 6.07 Å². The van der Waals surface area contributed by atoms with Crippen LogP contribution in [0.2, 0.25) is 0 Å². The molecule has 2 unspecified atom stereocenters. The van der Waals surface area contributed by atoms with Crippen molar-refractivity contribution < 1.29 is 10.2 Å². The monoisotopic (exact) mass is 276 g/mol. The second kappa shape index (κ2) is 5.62. The lowest BCUT2D eigenvalue weighted by atomic mass is 10.0. The van der Waals surface area contributed by atoms with Gasteiger partial charge in [0, 0.05) is 24.7 Å². The molecule has 0 spiro atoms. The molecule has 1 aliphatic carbocycles. The number of aromatic hydroxyl groups is 2. The Bertz CT molecular complexity index is 447. The molecule has 4 heteroatoms. The van der Waals surface area contributed by atoms with E-state index in [1.807, 2.05) is 0 Å². The number of nitrogens with zero attached hydrogens (tertiary/aromatic N) is 1. The van der Waals surface area contributed by atoms with Crippen molar-refractivity contribution in [1.29, 1.82) is 0 Å². The van der Waals surface area contributed by atoms with E-state index < -0.39 is 0 Å². The van der Waals surface area contributed by atoms with Crippen LogP contribution in [-0.4, -0.2) is 40.3 Å². The van der Waals surface area contributed by atoms with Crippen molar-refractivity contribution in [3.63, 3.8) is 0 Å². The molecule has 2 aliphatic rings. The molecule has 1 heterocycles. The minimum absolute atomic E-state index is 0.0473. The number of phenols is 2. The zero-order valence-electron chi connectivity index (χ0n) is 12.0. The standard InChI is InChI=1S/C16H24N2O2/c1-11(16-14(19)5-2-6-15(16)20)18(13-7-8-13)10-12-4-3-9-17-12/h2,5-6,11-13,17,19-20H,3-4,7-10H2,1H3. The fraction of sp³-hybridized carbons (Fsp3) is 0.625. The highest BCUT2D eigenvalue weighted by Gasteiger charge is 2.36. The quantitative estimate of drug-likeness (QED) is 0.773. The van der Waals surface area contributed by atoms with Crippen molar-refractivity contribution in [2.24, 2.45) is 0 Å². The normalized spacial score (nSPS) is 24.2. The molecule has 1 aromatic rings. The molecule has 2 fully saturated rings. The Morgan fingerprint density at radius 2 is 1.95 bits per heavy atom. The van der Waals surface area contributed by atoms with Gasteiger partial charge in [0.15, 0.2) is 0 Å². The summed E-state index contributed by atoms with van der Waals surface area (Å²) < 4.78 is 0. The maximum absolute atomic E-state index is 10.1. The van der Waals surface area contributed by atoms with Crippen molar-refractivity contribution in [2.75, 3.05) is 13.1 Å². The number of hydrogen-bond acceptors (Lipinski definition) is 4. The largest absolute Gasteiger partial charge is 0.507 e. The Morgan fingerprint density at radius 3 is 2.50 bits per heavy atom. The first-order valence-corrected chi connectivity index (χ1v) is 7.67. The molecule has 3 N–H and O–H groups in total. The number of rotatable bonds is 5. The van der Waals surface area contributed by atoms with Crippen LogP contribution in [0.1, 0.15) is 44.2 Å². The first-order chi connectivity index (χ1) is 9.66. The van der Waals surface area contributed by atoms with Crippen LogP contribution in [0.25, 0.3) is 0 Å². The summed E-state index contributed by atoms with van der Waals surface area (Å²) in [4.78, 5) is 2.44. The summed E-state index contributed by atoms with van der Waals surface area (Å²) in [7, 11) is 0. The third-order valence-corrected chi connectivity index (χ3v) is 4.58. The summed E-state index contributed by atoms with van der Waals surface area (Å²) in [6.07, 6.45) is 4.93. The molecular formula is C16H24N2O2. The summed E-state index contributed by atoms with van der Waals surface area (Å²) in [6.45, 7) is 4.20. The predicted octanol–water partition coefficient (Wildman–Crippen LogP) is 2.38. The Labute approximate surface area is 120 Å². The summed E-state index contributed by atoms with van der Waals surface area (Å²) in [5.74, 6) is 0.394. The van der Waals surface area contributed by atoms with E-state index in [2.05, 4.69) is 17.1 Å². The lowest BCUT2D eigenvalue weighted by Crippen LogP contribution is -2.40. The Hall–Kier alpha value is -1.26. The van der Waals surface area contributed by atoms with E-state index in [-0.39, 0.29) is 17.5 Å². The van der Waals surface area contributed by atoms with Crippen LogP contribution in [0.4, 0.5) is 0 Å². The lowest BCUT2D eigenvalue weighted by Gasteiger charge is -2.32. The first kappa shape index (κ1) is 13.7. The van der Waals surface area contributed by atoms with Crippen molar-refractivity contribution in [2.45, 2.75) is 50.7 Å². The molecule has 1 saturated heterocycles. The van der Waals surface area contributed by atoms with E-state index in [1.165, 1.54) is 25.7 Å². The van der Waals surface area contributed by atoms with Gasteiger partial charge in [-0.2, -0.15) is 0 Å². The van der Waals surface area contributed by atoms with Gasteiger partial charge in [0.2, 0.25) is 0 Å². The average Bonchev–Trinajstić information content (AvgIpc) is 3.12. The van der Waals surface area contributed by atoms with Crippen molar-refractivity contribution >= 4 is 0 Å². The van der Waals surface area contributed by atoms with Crippen LogP contribution in [0.5, 0.6) is 11.5 Å². The fourth-order valence-electron chi connectivity index (χ4n) is 3.33. The van der Waals surface area contributed by atoms with Crippen molar-refractivity contribution in [3.8, 4) is 11.5 Å². The summed E-state index contributed by atoms with van der Waals surface area (Å²) >= 11 is 0. The van der Waals surface area contributed by atoms with E-state index >= 15 is 0 Å². The Morgan fingerprint density at radius 1 is 1.25 bits per heavy atom. The zero-order valence-corrected chi connectivity index (χ0v) is 12.0. The van der Waals surface area contributed by atoms with Gasteiger partial charge in [-0.05, 0) is 51.3 Å². The highest BCUT2D eigenvalue weighted by molar-refractivity contribution is 5.45. The molecule has 0 radical (unpaired) electrons. The molecule has 1 aromatic carbocycles. The maximum Gasteiger partial charge on any atom is 0.124 e. The molecule has 110 valence electrons. The third-order valence-electron chi connectivity index (χ3n) is 4.58. The van der Waals surface area contributed by atoms with Gasteiger partial charge in [-0.15, -0.1) is 0 Å². The molecule has 0 bridgehead atoms. The highest BCUT2D eigenvalue weighted by Crippen LogP contribution is 2.40. The van der Waals surface area contributed by atoms with E-state index in [1.54, 1.807) is 18.2 Å². The Kier molecular flexibility index (Phi) is 3.85. The molecule has 0 aromatic heterocycles. The molecule has 2 atom stereocenters. The van der Waals surface area contributed by atoms with Crippen LogP contribution in [0, 0.1) is 0 Å². The van der Waals surface area contributed by atoms with Crippen LogP contribution >= 0.6 is 0 Å². The first-order valence-electron chi connectivity index (χ1n) is 7.67. The summed E-state index contributed by atoms with van der Waals surface area (Å²) in [5.41, 5.74) is 0.664. The SMILES string of the molecule is CC(c1c(O)cccc1O)N(CC1CCCN1)C1CC1. The summed E-state index contributed by atoms with van der Waals surface area (Å²) in [6, 6.07) is 6.19. The molecule has 1 saturated carbocycles. The minimum Gasteiger partial charge on any atom is -0.507 e. The number of hydrogen-bond donors (Lipinski definition) is 3. The molecule has 4 nitrogen and oxygen atoms in total. The number of nitrogens with one attached hydrogen (secondary N) is 1. The van der Waals surface area contributed by atoms with E-state index in [0.29, 0.717) is 17.6 Å². The molecule has 3 rings (SSSR count). The lowest BCUT2D eigenvalue weighted by molar-refractivity contribution is 0.177. The molecular weight excluding hydrogens is 252 g/mol. The maximum atomic E-state index is 10.1. The third kappa shape index (κ3) is 2.76. The van der Waals surface area contributed by atoms with Gasteiger partial charge in [0.1, 0.15) is 11.5 Å². The minimum atomic E-state index is 0.0473. The van der Waals surface area contributed by atoms with Gasteiger partial charge in [-0.3, -0.25) is 4.90 Å². The molecule has 1 aliphatic heterocycles. The van der Waals surface area contributed by atoms with Gasteiger partial charge in [0.05, 0.1) is 5.56 Å². The predicted molar refractivity (Wildman–Crippen MR) is 78.9 cm³/mol. The Balaban J connectivity index is 1.79. The van der Waals surface area contributed by atoms with Crippen molar-refractivity contribution in [1.82, 2.24) is 10.2 Å². The average molecular weight is 276 g/mol. The van der Waals surface area contributed by atoms with Crippen molar-refractivity contribution in [3.05, 3.63) is 23.8 Å². The van der Waals surface area contributed by atoms with E-state index in [0.717, 1.165) is 13.1 Å². The number of benzene rings is 1. The van der Waals surface area contributed by atoms with Crippen LogP contribution in [0.3, 0.4) is 0 Å². The van der Waals surface area contributed by atoms with E-state index in [4.69, 9.17) is 0 Å². The topological polar surface area (TPSA) is 55.7 Å². The van der Waals surface area contributed by atoms with Crippen LogP contribution in [0.15, 0.2) is 18.2 Å². The van der Waals surface area contributed by atoms with Crippen LogP contribution < -0.4 is 5.32 Å². The fourth-order valence-corrected chi connectivity index (χ4v) is 3.33. The second-order valence-electron chi connectivity index (χ2n) is 6.11. The van der Waals surface area contributed by atoms with Gasteiger partial charge >= 0.3 is 0 Å². The molecule has 20 heavy (non-hydrogen) atoms. The van der Waals surface area contributed by atoms with Crippen LogP contribution in [-0.2, 0) is 0 Å². The van der Waals surface area contributed by atoms with Gasteiger partial charge < -0.3 is 15.5 Å².